The molecule has 0 atom stereocenters. The molecule has 0 amide bonds. The van der Waals surface area contributed by atoms with Crippen LogP contribution in [0.3, 0.4) is 0 Å². The molecule has 0 aromatic heterocycles. The Kier molecular flexibility index (Phi) is 11.9. The maximum Gasteiger partial charge on any atom is -0.00979 e. The Morgan fingerprint density at radius 3 is 1.83 bits per heavy atom. The number of rotatable bonds is 9. The lowest BCUT2D eigenvalue weighted by molar-refractivity contribution is 0.598. The lowest BCUT2D eigenvalue weighted by Crippen LogP contribution is -1.81. The molecule has 0 heterocycles. The Bertz CT molecular complexity index is 91.8. The minimum absolute atomic E-state index is 1.05. The molecule has 0 saturated carbocycles. The van der Waals surface area contributed by atoms with Gasteiger partial charge in [-0.05, 0) is 30.4 Å². The monoisotopic (exact) mass is 204 g/mol. The van der Waals surface area contributed by atoms with Crippen molar-refractivity contribution in [3.8, 4) is 0 Å². The highest BCUT2D eigenvalue weighted by Crippen LogP contribution is 2.08. The third kappa shape index (κ3) is 10.4. The Morgan fingerprint density at radius 2 is 1.33 bits per heavy atom. The SMILES string of the molecule is S=CCCCCCCCCCS. The van der Waals surface area contributed by atoms with E-state index >= 15 is 0 Å². The molecule has 12 heavy (non-hydrogen) atoms. The van der Waals surface area contributed by atoms with Crippen molar-refractivity contribution in [1.29, 1.82) is 0 Å². The molecule has 0 aromatic carbocycles. The van der Waals surface area contributed by atoms with Crippen LogP contribution in [0.4, 0.5) is 0 Å². The van der Waals surface area contributed by atoms with E-state index in [9.17, 15) is 0 Å². The van der Waals surface area contributed by atoms with Crippen LogP contribution in [0.1, 0.15) is 51.4 Å². The molecule has 0 radical (unpaired) electrons. The summed E-state index contributed by atoms with van der Waals surface area (Å²) < 4.78 is 0. The lowest BCUT2D eigenvalue weighted by Gasteiger charge is -1.98. The van der Waals surface area contributed by atoms with Gasteiger partial charge >= 0.3 is 0 Å². The Balaban J connectivity index is 2.77. The summed E-state index contributed by atoms with van der Waals surface area (Å²) in [5.41, 5.74) is 0. The van der Waals surface area contributed by atoms with E-state index in [2.05, 4.69) is 12.6 Å². The average Bonchev–Trinajstić information content (AvgIpc) is 2.10. The standard InChI is InChI=1S/C10H20S2/c11-9-7-5-3-1-2-4-6-8-10-12/h9,12H,1-8,10H2. The largest absolute Gasteiger partial charge is 0.179 e. The second-order valence-corrected chi connectivity index (χ2v) is 3.93. The van der Waals surface area contributed by atoms with Crippen LogP contribution < -0.4 is 0 Å². The van der Waals surface area contributed by atoms with Gasteiger partial charge in [-0.25, -0.2) is 0 Å². The highest BCUT2D eigenvalue weighted by atomic mass is 32.1. The van der Waals surface area contributed by atoms with Crippen LogP contribution in [0.15, 0.2) is 0 Å². The predicted molar refractivity (Wildman–Crippen MR) is 64.4 cm³/mol. The van der Waals surface area contributed by atoms with E-state index < -0.39 is 0 Å². The third-order valence-corrected chi connectivity index (χ3v) is 2.53. The van der Waals surface area contributed by atoms with Gasteiger partial charge in [0, 0.05) is 0 Å². The lowest BCUT2D eigenvalue weighted by atomic mass is 10.1. The van der Waals surface area contributed by atoms with Crippen LogP contribution in [-0.2, 0) is 0 Å². The second kappa shape index (κ2) is 11.4. The van der Waals surface area contributed by atoms with Gasteiger partial charge in [0.05, 0.1) is 0 Å². The van der Waals surface area contributed by atoms with Crippen LogP contribution in [-0.4, -0.2) is 11.1 Å². The summed E-state index contributed by atoms with van der Waals surface area (Å²) in [7, 11) is 0. The highest BCUT2D eigenvalue weighted by Gasteiger charge is 1.89. The van der Waals surface area contributed by atoms with Crippen molar-refractivity contribution in [2.45, 2.75) is 51.4 Å². The molecular formula is C10H20S2. The van der Waals surface area contributed by atoms with Gasteiger partial charge in [0.15, 0.2) is 0 Å². The normalized spacial score (nSPS) is 10.1. The topological polar surface area (TPSA) is 0 Å². The first-order valence-corrected chi connectivity index (χ1v) is 6.06. The number of hydrogen-bond acceptors (Lipinski definition) is 2. The fourth-order valence-corrected chi connectivity index (χ4v) is 1.61. The zero-order valence-electron chi connectivity index (χ0n) is 7.80. The molecule has 2 heteroatoms. The van der Waals surface area contributed by atoms with E-state index in [1.54, 1.807) is 0 Å². The summed E-state index contributed by atoms with van der Waals surface area (Å²) in [6.07, 6.45) is 10.6. The number of unbranched alkanes of at least 4 members (excludes halogenated alkanes) is 7. The summed E-state index contributed by atoms with van der Waals surface area (Å²) in [5.74, 6) is 1.05. The molecule has 0 spiro atoms. The van der Waals surface area contributed by atoms with Crippen LogP contribution in [0.2, 0.25) is 0 Å². The third-order valence-electron chi connectivity index (χ3n) is 1.98. The van der Waals surface area contributed by atoms with E-state index in [1.807, 2.05) is 5.37 Å². The summed E-state index contributed by atoms with van der Waals surface area (Å²) in [6.45, 7) is 0. The van der Waals surface area contributed by atoms with Crippen molar-refractivity contribution in [2.24, 2.45) is 0 Å². The molecule has 0 rings (SSSR count). The van der Waals surface area contributed by atoms with Crippen LogP contribution >= 0.6 is 24.8 Å². The van der Waals surface area contributed by atoms with Gasteiger partial charge in [0.1, 0.15) is 0 Å². The van der Waals surface area contributed by atoms with Crippen LogP contribution in [0, 0.1) is 0 Å². The van der Waals surface area contributed by atoms with Crippen molar-refractivity contribution in [3.63, 3.8) is 0 Å². The molecule has 0 aliphatic rings. The first kappa shape index (κ1) is 12.4. The molecule has 0 aromatic rings. The molecule has 0 fully saturated rings. The highest BCUT2D eigenvalue weighted by molar-refractivity contribution is 7.80. The second-order valence-electron chi connectivity index (χ2n) is 3.15. The molecule has 0 bridgehead atoms. The zero-order chi connectivity index (χ0) is 9.07. The molecule has 0 aliphatic carbocycles. The van der Waals surface area contributed by atoms with Crippen LogP contribution in [0.5, 0.6) is 0 Å². The smallest absolute Gasteiger partial charge is 0.00979 e. The molecule has 72 valence electrons. The van der Waals surface area contributed by atoms with E-state index in [1.165, 1.54) is 44.9 Å². The van der Waals surface area contributed by atoms with Crippen LogP contribution in [0.25, 0.3) is 0 Å². The molecule has 0 saturated heterocycles. The molecule has 0 N–H and O–H groups in total. The van der Waals surface area contributed by atoms with E-state index in [-0.39, 0.29) is 0 Å². The number of hydrogen-bond donors (Lipinski definition) is 1. The van der Waals surface area contributed by atoms with Gasteiger partial charge in [-0.1, -0.05) is 44.3 Å². The first-order valence-electron chi connectivity index (χ1n) is 4.96. The summed E-state index contributed by atoms with van der Waals surface area (Å²) in [4.78, 5) is 0. The van der Waals surface area contributed by atoms with Crippen molar-refractivity contribution < 1.29 is 0 Å². The quantitative estimate of drug-likeness (QED) is 0.336. The zero-order valence-corrected chi connectivity index (χ0v) is 9.51. The minimum Gasteiger partial charge on any atom is -0.179 e. The van der Waals surface area contributed by atoms with Gasteiger partial charge in [0.2, 0.25) is 0 Å². The maximum atomic E-state index is 4.75. The van der Waals surface area contributed by atoms with Gasteiger partial charge in [-0.2, -0.15) is 12.6 Å². The maximum absolute atomic E-state index is 4.75. The van der Waals surface area contributed by atoms with Crippen molar-refractivity contribution >= 4 is 30.2 Å². The number of thiocarbonyl (C=S) groups is 1. The van der Waals surface area contributed by atoms with Crippen molar-refractivity contribution in [3.05, 3.63) is 0 Å². The average molecular weight is 204 g/mol. The first-order chi connectivity index (χ1) is 5.91. The van der Waals surface area contributed by atoms with E-state index in [0.29, 0.717) is 0 Å². The fraction of sp³-hybridized carbons (Fsp3) is 0.900. The van der Waals surface area contributed by atoms with Gasteiger partial charge in [0.25, 0.3) is 0 Å². The van der Waals surface area contributed by atoms with E-state index in [0.717, 1.165) is 12.2 Å². The molecule has 0 unspecified atom stereocenters. The van der Waals surface area contributed by atoms with Crippen molar-refractivity contribution in [1.82, 2.24) is 0 Å². The predicted octanol–water partition coefficient (Wildman–Crippen LogP) is 4.04. The summed E-state index contributed by atoms with van der Waals surface area (Å²) >= 11 is 8.93. The molecular weight excluding hydrogens is 184 g/mol. The number of thiol groups is 1. The van der Waals surface area contributed by atoms with Gasteiger partial charge in [-0.3, -0.25) is 0 Å². The Morgan fingerprint density at radius 1 is 0.833 bits per heavy atom. The molecule has 0 aliphatic heterocycles. The minimum atomic E-state index is 1.05. The van der Waals surface area contributed by atoms with Crippen molar-refractivity contribution in [2.75, 3.05) is 5.75 Å². The molecule has 0 nitrogen and oxygen atoms in total. The Hall–Kier alpha value is 0.440. The van der Waals surface area contributed by atoms with Gasteiger partial charge in [-0.15, -0.1) is 0 Å². The van der Waals surface area contributed by atoms with Gasteiger partial charge < -0.3 is 0 Å². The summed E-state index contributed by atoms with van der Waals surface area (Å²) in [6, 6.07) is 0. The fourth-order valence-electron chi connectivity index (χ4n) is 1.22. The summed E-state index contributed by atoms with van der Waals surface area (Å²) in [5, 5.41) is 1.85. The van der Waals surface area contributed by atoms with E-state index in [4.69, 9.17) is 12.2 Å². The Labute approximate surface area is 87.5 Å².